The summed E-state index contributed by atoms with van der Waals surface area (Å²) < 4.78 is 25.9. The summed E-state index contributed by atoms with van der Waals surface area (Å²) in [5, 5.41) is 2.65. The highest BCUT2D eigenvalue weighted by Crippen LogP contribution is 2.33. The molecule has 1 saturated carbocycles. The second kappa shape index (κ2) is 7.53. The first-order chi connectivity index (χ1) is 10.1. The van der Waals surface area contributed by atoms with Gasteiger partial charge in [0, 0.05) is 18.2 Å². The molecule has 0 aliphatic heterocycles. The third kappa shape index (κ3) is 4.80. The molecule has 1 amide bonds. The molecule has 1 aromatic rings. The Bertz CT molecular complexity index is 482. The molecule has 1 N–H and O–H groups in total. The van der Waals surface area contributed by atoms with Gasteiger partial charge in [-0.2, -0.15) is 0 Å². The predicted molar refractivity (Wildman–Crippen MR) is 80.0 cm³/mol. The zero-order valence-corrected chi connectivity index (χ0v) is 12.5. The van der Waals surface area contributed by atoms with Gasteiger partial charge in [-0.3, -0.25) is 4.79 Å². The highest BCUT2D eigenvalue weighted by atomic mass is 19.2. The minimum atomic E-state index is -0.937. The van der Waals surface area contributed by atoms with Gasteiger partial charge in [-0.1, -0.05) is 32.6 Å². The van der Waals surface area contributed by atoms with Crippen molar-refractivity contribution in [1.29, 1.82) is 0 Å². The predicted octanol–water partition coefficient (Wildman–Crippen LogP) is 4.90. The van der Waals surface area contributed by atoms with Crippen LogP contribution in [0.2, 0.25) is 0 Å². The lowest BCUT2D eigenvalue weighted by Crippen LogP contribution is -2.21. The summed E-state index contributed by atoms with van der Waals surface area (Å²) >= 11 is 0. The molecule has 116 valence electrons. The molecule has 0 radical (unpaired) electrons. The highest BCUT2D eigenvalue weighted by Gasteiger charge is 2.22. The number of benzene rings is 1. The van der Waals surface area contributed by atoms with E-state index in [1.807, 2.05) is 0 Å². The first-order valence-electron chi connectivity index (χ1n) is 7.83. The molecule has 0 spiro atoms. The van der Waals surface area contributed by atoms with Crippen LogP contribution in [0.5, 0.6) is 0 Å². The second-order valence-electron chi connectivity index (χ2n) is 6.06. The number of halogens is 2. The Kier molecular flexibility index (Phi) is 5.71. The fourth-order valence-electron chi connectivity index (χ4n) is 3.18. The number of rotatable bonds is 5. The Morgan fingerprint density at radius 3 is 2.43 bits per heavy atom. The van der Waals surface area contributed by atoms with Crippen LogP contribution >= 0.6 is 0 Å². The van der Waals surface area contributed by atoms with E-state index in [-0.39, 0.29) is 5.91 Å². The number of amides is 1. The Morgan fingerprint density at radius 1 is 1.14 bits per heavy atom. The van der Waals surface area contributed by atoms with Gasteiger partial charge in [0.15, 0.2) is 11.6 Å². The molecule has 21 heavy (non-hydrogen) atoms. The van der Waals surface area contributed by atoms with Gasteiger partial charge >= 0.3 is 0 Å². The molecule has 0 heterocycles. The lowest BCUT2D eigenvalue weighted by atomic mass is 9.79. The number of hydrogen-bond donors (Lipinski definition) is 1. The minimum absolute atomic E-state index is 0.111. The molecular formula is C17H23F2NO. The molecule has 4 heteroatoms. The average Bonchev–Trinajstić information content (AvgIpc) is 2.45. The summed E-state index contributed by atoms with van der Waals surface area (Å²) in [5.41, 5.74) is 0.318. The van der Waals surface area contributed by atoms with Gasteiger partial charge in [0.2, 0.25) is 5.91 Å². The van der Waals surface area contributed by atoms with Gasteiger partial charge in [-0.25, -0.2) is 8.78 Å². The highest BCUT2D eigenvalue weighted by molar-refractivity contribution is 5.90. The lowest BCUT2D eigenvalue weighted by Gasteiger charge is -2.27. The van der Waals surface area contributed by atoms with Gasteiger partial charge < -0.3 is 5.32 Å². The SMILES string of the molecule is CCC[C@H]1CC[C@@H](CC(=O)Nc2ccc(F)c(F)c2)CC1. The molecule has 2 nitrogen and oxygen atoms in total. The van der Waals surface area contributed by atoms with Gasteiger partial charge in [0.05, 0.1) is 0 Å². The molecule has 1 aliphatic rings. The van der Waals surface area contributed by atoms with Crippen molar-refractivity contribution < 1.29 is 13.6 Å². The summed E-state index contributed by atoms with van der Waals surface area (Å²) in [7, 11) is 0. The average molecular weight is 295 g/mol. The largest absolute Gasteiger partial charge is 0.326 e. The van der Waals surface area contributed by atoms with E-state index in [1.165, 1.54) is 31.7 Å². The van der Waals surface area contributed by atoms with Crippen molar-refractivity contribution in [3.8, 4) is 0 Å². The third-order valence-electron chi connectivity index (χ3n) is 4.34. The molecule has 1 aromatic carbocycles. The molecule has 0 atom stereocenters. The zero-order chi connectivity index (χ0) is 15.2. The fraction of sp³-hybridized carbons (Fsp3) is 0.588. The number of carbonyl (C=O) groups excluding carboxylic acids is 1. The van der Waals surface area contributed by atoms with E-state index in [0.717, 1.165) is 30.9 Å². The van der Waals surface area contributed by atoms with E-state index in [0.29, 0.717) is 18.0 Å². The first kappa shape index (κ1) is 15.9. The third-order valence-corrected chi connectivity index (χ3v) is 4.34. The van der Waals surface area contributed by atoms with Crippen molar-refractivity contribution in [2.75, 3.05) is 5.32 Å². The summed E-state index contributed by atoms with van der Waals surface area (Å²) in [6.07, 6.45) is 7.58. The maximum atomic E-state index is 13.1. The molecule has 1 fully saturated rings. The Labute approximate surface area is 124 Å². The van der Waals surface area contributed by atoms with Gasteiger partial charge in [-0.05, 0) is 36.8 Å². The maximum Gasteiger partial charge on any atom is 0.224 e. The Morgan fingerprint density at radius 2 is 1.81 bits per heavy atom. The van der Waals surface area contributed by atoms with E-state index in [1.54, 1.807) is 0 Å². The lowest BCUT2D eigenvalue weighted by molar-refractivity contribution is -0.117. The fourth-order valence-corrected chi connectivity index (χ4v) is 3.18. The Hall–Kier alpha value is -1.45. The smallest absolute Gasteiger partial charge is 0.224 e. The quantitative estimate of drug-likeness (QED) is 0.822. The number of hydrogen-bond acceptors (Lipinski definition) is 1. The van der Waals surface area contributed by atoms with E-state index in [9.17, 15) is 13.6 Å². The number of anilines is 1. The van der Waals surface area contributed by atoms with Crippen molar-refractivity contribution in [3.63, 3.8) is 0 Å². The topological polar surface area (TPSA) is 29.1 Å². The number of nitrogens with one attached hydrogen (secondary N) is 1. The molecular weight excluding hydrogens is 272 g/mol. The van der Waals surface area contributed by atoms with Crippen LogP contribution in [-0.4, -0.2) is 5.91 Å². The first-order valence-corrected chi connectivity index (χ1v) is 7.83. The van der Waals surface area contributed by atoms with Crippen molar-refractivity contribution in [2.45, 2.75) is 51.9 Å². The van der Waals surface area contributed by atoms with Gasteiger partial charge in [0.1, 0.15) is 0 Å². The van der Waals surface area contributed by atoms with Crippen LogP contribution in [0.3, 0.4) is 0 Å². The van der Waals surface area contributed by atoms with Crippen LogP contribution < -0.4 is 5.32 Å². The van der Waals surface area contributed by atoms with E-state index < -0.39 is 11.6 Å². The molecule has 0 aromatic heterocycles. The van der Waals surface area contributed by atoms with E-state index in [2.05, 4.69) is 12.2 Å². The van der Waals surface area contributed by atoms with Gasteiger partial charge in [-0.15, -0.1) is 0 Å². The molecule has 2 rings (SSSR count). The van der Waals surface area contributed by atoms with E-state index >= 15 is 0 Å². The number of carbonyl (C=O) groups is 1. The van der Waals surface area contributed by atoms with Crippen LogP contribution in [0.25, 0.3) is 0 Å². The zero-order valence-electron chi connectivity index (χ0n) is 12.5. The molecule has 0 unspecified atom stereocenters. The maximum absolute atomic E-state index is 13.1. The van der Waals surface area contributed by atoms with Crippen molar-refractivity contribution in [2.24, 2.45) is 11.8 Å². The normalized spacial score (nSPS) is 22.0. The molecule has 1 aliphatic carbocycles. The second-order valence-corrected chi connectivity index (χ2v) is 6.06. The van der Waals surface area contributed by atoms with Gasteiger partial charge in [0.25, 0.3) is 0 Å². The summed E-state index contributed by atoms with van der Waals surface area (Å²) in [6, 6.07) is 3.43. The summed E-state index contributed by atoms with van der Waals surface area (Å²) in [4.78, 5) is 12.0. The Balaban J connectivity index is 1.78. The van der Waals surface area contributed by atoms with Crippen LogP contribution in [0.4, 0.5) is 14.5 Å². The van der Waals surface area contributed by atoms with Crippen LogP contribution in [-0.2, 0) is 4.79 Å². The monoisotopic (exact) mass is 295 g/mol. The van der Waals surface area contributed by atoms with E-state index in [4.69, 9.17) is 0 Å². The van der Waals surface area contributed by atoms with Crippen LogP contribution in [0, 0.1) is 23.5 Å². The van der Waals surface area contributed by atoms with Crippen LogP contribution in [0.15, 0.2) is 18.2 Å². The standard InChI is InChI=1S/C17H23F2NO/c1-2-3-12-4-6-13(7-5-12)10-17(21)20-14-8-9-15(18)16(19)11-14/h8-9,11-13H,2-7,10H2,1H3,(H,20,21)/t12-,13+. The molecule has 0 saturated heterocycles. The summed E-state index contributed by atoms with van der Waals surface area (Å²) in [6.45, 7) is 2.21. The van der Waals surface area contributed by atoms with Crippen molar-refractivity contribution >= 4 is 11.6 Å². The van der Waals surface area contributed by atoms with Crippen molar-refractivity contribution in [3.05, 3.63) is 29.8 Å². The van der Waals surface area contributed by atoms with Crippen LogP contribution in [0.1, 0.15) is 51.9 Å². The minimum Gasteiger partial charge on any atom is -0.326 e. The molecule has 0 bridgehead atoms. The summed E-state index contributed by atoms with van der Waals surface area (Å²) in [5.74, 6) is -0.709. The van der Waals surface area contributed by atoms with Crippen molar-refractivity contribution in [1.82, 2.24) is 0 Å².